The van der Waals surface area contributed by atoms with E-state index in [0.29, 0.717) is 38.9 Å². The van der Waals surface area contributed by atoms with E-state index in [4.69, 9.17) is 10.9 Å². The van der Waals surface area contributed by atoms with Crippen LogP contribution in [0, 0.1) is 0 Å². The molecule has 0 saturated carbocycles. The molecule has 0 aliphatic carbocycles. The summed E-state index contributed by atoms with van der Waals surface area (Å²) >= 11 is 0. The molecule has 0 aliphatic rings. The van der Waals surface area contributed by atoms with Crippen molar-refractivity contribution in [1.82, 2.24) is 15.7 Å². The fraction of sp³-hybridized carbons (Fsp3) is 0.636. The summed E-state index contributed by atoms with van der Waals surface area (Å²) in [7, 11) is 4.01. The summed E-state index contributed by atoms with van der Waals surface area (Å²) in [5.41, 5.74) is 9.35. The average molecular weight is 422 g/mol. The highest BCUT2D eigenvalue weighted by molar-refractivity contribution is 5.76. The van der Waals surface area contributed by atoms with Gasteiger partial charge in [-0.05, 0) is 69.4 Å². The van der Waals surface area contributed by atoms with Crippen LogP contribution in [-0.4, -0.2) is 62.2 Å². The number of hydroxylamine groups is 1. The van der Waals surface area contributed by atoms with E-state index >= 15 is 0 Å². The van der Waals surface area contributed by atoms with Gasteiger partial charge in [0.1, 0.15) is 0 Å². The molecule has 5 N–H and O–H groups in total. The zero-order valence-electron chi connectivity index (χ0n) is 18.5. The molecule has 8 nitrogen and oxygen atoms in total. The maximum atomic E-state index is 12.8. The van der Waals surface area contributed by atoms with Crippen molar-refractivity contribution in [2.45, 2.75) is 51.5 Å². The van der Waals surface area contributed by atoms with Crippen molar-refractivity contribution in [2.75, 3.05) is 45.2 Å². The first-order valence-electron chi connectivity index (χ1n) is 10.9. The minimum atomic E-state index is -0.414. The van der Waals surface area contributed by atoms with Gasteiger partial charge in [0, 0.05) is 45.7 Å². The van der Waals surface area contributed by atoms with Crippen LogP contribution in [0.15, 0.2) is 24.3 Å². The Labute approximate surface area is 180 Å². The third-order valence-corrected chi connectivity index (χ3v) is 4.94. The van der Waals surface area contributed by atoms with Crippen molar-refractivity contribution in [3.05, 3.63) is 29.8 Å². The number of amides is 2. The lowest BCUT2D eigenvalue weighted by Gasteiger charge is -2.23. The smallest absolute Gasteiger partial charge is 0.243 e. The molecular weight excluding hydrogens is 382 g/mol. The molecule has 1 aromatic rings. The van der Waals surface area contributed by atoms with Gasteiger partial charge in [-0.15, -0.1) is 0 Å². The first-order valence-corrected chi connectivity index (χ1v) is 10.9. The molecule has 0 bridgehead atoms. The highest BCUT2D eigenvalue weighted by Gasteiger charge is 2.14. The molecule has 1 aromatic carbocycles. The molecule has 0 spiro atoms. The van der Waals surface area contributed by atoms with Crippen LogP contribution < -0.4 is 21.4 Å². The maximum Gasteiger partial charge on any atom is 0.243 e. The van der Waals surface area contributed by atoms with Gasteiger partial charge in [0.25, 0.3) is 0 Å². The first kappa shape index (κ1) is 25.9. The summed E-state index contributed by atoms with van der Waals surface area (Å²) in [6.45, 7) is 3.85. The molecule has 0 aliphatic heterocycles. The van der Waals surface area contributed by atoms with Gasteiger partial charge in [-0.25, -0.2) is 5.48 Å². The lowest BCUT2D eigenvalue weighted by Crippen LogP contribution is -2.32. The molecule has 0 atom stereocenters. The molecule has 30 heavy (non-hydrogen) atoms. The van der Waals surface area contributed by atoms with E-state index in [1.165, 1.54) is 0 Å². The van der Waals surface area contributed by atoms with Crippen molar-refractivity contribution in [2.24, 2.45) is 5.73 Å². The van der Waals surface area contributed by atoms with Gasteiger partial charge in [0.05, 0.1) is 0 Å². The average Bonchev–Trinajstić information content (AvgIpc) is 2.75. The second-order valence-electron chi connectivity index (χ2n) is 7.72. The predicted octanol–water partition coefficient (Wildman–Crippen LogP) is 1.87. The quantitative estimate of drug-likeness (QED) is 0.184. The number of nitrogens with one attached hydrogen (secondary N) is 2. The monoisotopic (exact) mass is 421 g/mol. The van der Waals surface area contributed by atoms with Crippen molar-refractivity contribution in [3.63, 3.8) is 0 Å². The van der Waals surface area contributed by atoms with E-state index in [1.807, 2.05) is 23.9 Å². The zero-order valence-corrected chi connectivity index (χ0v) is 18.5. The summed E-state index contributed by atoms with van der Waals surface area (Å²) in [4.78, 5) is 27.8. The van der Waals surface area contributed by atoms with Gasteiger partial charge < -0.3 is 20.9 Å². The highest BCUT2D eigenvalue weighted by atomic mass is 16.5. The first-order chi connectivity index (χ1) is 14.5. The van der Waals surface area contributed by atoms with Crippen LogP contribution in [-0.2, 0) is 16.1 Å². The van der Waals surface area contributed by atoms with Crippen molar-refractivity contribution in [1.29, 1.82) is 0 Å². The molecule has 170 valence electrons. The Morgan fingerprint density at radius 2 is 1.63 bits per heavy atom. The SMILES string of the molecule is CN(C)c1ccc(CN(CCCCNCCCN)C(=O)CCCCC(=O)NO)cc1. The third-order valence-electron chi connectivity index (χ3n) is 4.94. The number of benzene rings is 1. The normalized spacial score (nSPS) is 10.7. The van der Waals surface area contributed by atoms with Crippen molar-refractivity contribution in [3.8, 4) is 0 Å². The molecule has 0 fully saturated rings. The van der Waals surface area contributed by atoms with Gasteiger partial charge in [0.15, 0.2) is 0 Å². The van der Waals surface area contributed by atoms with E-state index in [1.54, 1.807) is 5.48 Å². The maximum absolute atomic E-state index is 12.8. The summed E-state index contributed by atoms with van der Waals surface area (Å²) in [5.74, 6) is -0.311. The number of rotatable bonds is 16. The van der Waals surface area contributed by atoms with E-state index < -0.39 is 5.91 Å². The minimum absolute atomic E-state index is 0.104. The summed E-state index contributed by atoms with van der Waals surface area (Å²) < 4.78 is 0. The van der Waals surface area contributed by atoms with E-state index in [-0.39, 0.29) is 12.3 Å². The second kappa shape index (κ2) is 15.6. The lowest BCUT2D eigenvalue weighted by molar-refractivity contribution is -0.132. The number of carbonyl (C=O) groups is 2. The van der Waals surface area contributed by atoms with Crippen LogP contribution in [0.4, 0.5) is 5.69 Å². The number of carbonyl (C=O) groups excluding carboxylic acids is 2. The van der Waals surface area contributed by atoms with E-state index in [9.17, 15) is 9.59 Å². The number of hydrogen-bond donors (Lipinski definition) is 4. The Hall–Kier alpha value is -2.16. The highest BCUT2D eigenvalue weighted by Crippen LogP contribution is 2.15. The number of nitrogens with two attached hydrogens (primary N) is 1. The predicted molar refractivity (Wildman–Crippen MR) is 120 cm³/mol. The van der Waals surface area contributed by atoms with Gasteiger partial charge >= 0.3 is 0 Å². The molecule has 8 heteroatoms. The Morgan fingerprint density at radius 1 is 0.967 bits per heavy atom. The summed E-state index contributed by atoms with van der Waals surface area (Å²) in [6, 6.07) is 8.25. The molecule has 0 unspecified atom stereocenters. The van der Waals surface area contributed by atoms with Crippen molar-refractivity contribution < 1.29 is 14.8 Å². The van der Waals surface area contributed by atoms with Crippen LogP contribution in [0.25, 0.3) is 0 Å². The van der Waals surface area contributed by atoms with Crippen LogP contribution in [0.2, 0.25) is 0 Å². The molecule has 0 saturated heterocycles. The fourth-order valence-corrected chi connectivity index (χ4v) is 3.09. The van der Waals surface area contributed by atoms with Crippen LogP contribution in [0.1, 0.15) is 50.5 Å². The molecule has 0 heterocycles. The standard InChI is InChI=1S/C22H39N5O3/c1-26(2)20-12-10-19(11-13-20)18-27(17-6-5-15-24-16-7-14-23)22(29)9-4-3-8-21(28)25-30/h10-13,24,30H,3-9,14-18,23H2,1-2H3,(H,25,28). The van der Waals surface area contributed by atoms with Crippen LogP contribution in [0.3, 0.4) is 0 Å². The van der Waals surface area contributed by atoms with Gasteiger partial charge in [-0.1, -0.05) is 12.1 Å². The molecule has 2 amide bonds. The molecule has 1 rings (SSSR count). The van der Waals surface area contributed by atoms with Crippen LogP contribution in [0.5, 0.6) is 0 Å². The zero-order chi connectivity index (χ0) is 22.2. The number of hydrogen-bond acceptors (Lipinski definition) is 6. The number of nitrogens with zero attached hydrogens (tertiary/aromatic N) is 2. The Balaban J connectivity index is 2.54. The summed E-state index contributed by atoms with van der Waals surface area (Å²) in [5, 5.41) is 11.9. The van der Waals surface area contributed by atoms with Crippen LogP contribution >= 0.6 is 0 Å². The van der Waals surface area contributed by atoms with Gasteiger partial charge in [-0.2, -0.15) is 0 Å². The Morgan fingerprint density at radius 3 is 2.27 bits per heavy atom. The van der Waals surface area contributed by atoms with Gasteiger partial charge in [0.2, 0.25) is 11.8 Å². The summed E-state index contributed by atoms with van der Waals surface area (Å²) in [6.07, 6.45) is 4.75. The number of anilines is 1. The Kier molecular flexibility index (Phi) is 13.5. The lowest BCUT2D eigenvalue weighted by atomic mass is 10.1. The number of unbranched alkanes of at least 4 members (excludes halogenated alkanes) is 2. The third kappa shape index (κ3) is 11.1. The molecular formula is C22H39N5O3. The second-order valence-corrected chi connectivity index (χ2v) is 7.72. The fourth-order valence-electron chi connectivity index (χ4n) is 3.09. The topological polar surface area (TPSA) is 111 Å². The molecule has 0 aromatic heterocycles. The molecule has 0 radical (unpaired) electrons. The Bertz CT molecular complexity index is 607. The van der Waals surface area contributed by atoms with Gasteiger partial charge in [-0.3, -0.25) is 14.8 Å². The largest absolute Gasteiger partial charge is 0.378 e. The van der Waals surface area contributed by atoms with E-state index in [2.05, 4.69) is 29.6 Å². The minimum Gasteiger partial charge on any atom is -0.378 e. The van der Waals surface area contributed by atoms with Crippen molar-refractivity contribution >= 4 is 17.5 Å². The van der Waals surface area contributed by atoms with E-state index in [0.717, 1.165) is 43.6 Å².